The standard InChI is InChI=1S/C11H15N3O3S/c12-13-11(15)9-1-3-10(4-2-9)14-5-7-18(16,17)8-6-14/h1-4H,5-8,12H2,(H,13,15). The molecule has 0 bridgehead atoms. The van der Waals surface area contributed by atoms with Crippen LogP contribution in [0.4, 0.5) is 5.69 Å². The summed E-state index contributed by atoms with van der Waals surface area (Å²) in [5, 5.41) is 0. The second-order valence-electron chi connectivity index (χ2n) is 4.16. The first-order chi connectivity index (χ1) is 8.52. The summed E-state index contributed by atoms with van der Waals surface area (Å²) in [7, 11) is -2.87. The number of carbonyl (C=O) groups excluding carboxylic acids is 1. The van der Waals surface area contributed by atoms with E-state index in [9.17, 15) is 13.2 Å². The fourth-order valence-electron chi connectivity index (χ4n) is 1.88. The monoisotopic (exact) mass is 269 g/mol. The van der Waals surface area contributed by atoms with Crippen molar-refractivity contribution in [3.8, 4) is 0 Å². The van der Waals surface area contributed by atoms with E-state index in [0.717, 1.165) is 5.69 Å². The summed E-state index contributed by atoms with van der Waals surface area (Å²) in [6, 6.07) is 6.92. The Balaban J connectivity index is 2.09. The molecule has 1 aliphatic heterocycles. The quantitative estimate of drug-likeness (QED) is 0.430. The van der Waals surface area contributed by atoms with E-state index in [1.807, 2.05) is 4.90 Å². The number of benzene rings is 1. The molecule has 0 spiro atoms. The average Bonchev–Trinajstić information content (AvgIpc) is 2.38. The Morgan fingerprint density at radius 1 is 1.17 bits per heavy atom. The van der Waals surface area contributed by atoms with Crippen LogP contribution in [-0.2, 0) is 9.84 Å². The lowest BCUT2D eigenvalue weighted by Crippen LogP contribution is -2.40. The molecule has 1 aliphatic rings. The first-order valence-corrected chi connectivity index (χ1v) is 7.40. The number of nitrogen functional groups attached to an aromatic ring is 1. The smallest absolute Gasteiger partial charge is 0.265 e. The molecule has 1 saturated heterocycles. The zero-order valence-corrected chi connectivity index (χ0v) is 10.6. The van der Waals surface area contributed by atoms with Crippen molar-refractivity contribution in [3.05, 3.63) is 29.8 Å². The van der Waals surface area contributed by atoms with E-state index in [-0.39, 0.29) is 17.4 Å². The van der Waals surface area contributed by atoms with E-state index in [0.29, 0.717) is 18.7 Å². The second-order valence-corrected chi connectivity index (χ2v) is 6.46. The van der Waals surface area contributed by atoms with Crippen LogP contribution in [0.25, 0.3) is 0 Å². The lowest BCUT2D eigenvalue weighted by atomic mass is 10.2. The predicted molar refractivity (Wildman–Crippen MR) is 69.0 cm³/mol. The molecule has 0 atom stereocenters. The number of carbonyl (C=O) groups is 1. The van der Waals surface area contributed by atoms with Gasteiger partial charge in [-0.25, -0.2) is 14.3 Å². The Morgan fingerprint density at radius 3 is 2.22 bits per heavy atom. The largest absolute Gasteiger partial charge is 0.369 e. The van der Waals surface area contributed by atoms with Crippen LogP contribution in [0.5, 0.6) is 0 Å². The van der Waals surface area contributed by atoms with E-state index < -0.39 is 9.84 Å². The maximum atomic E-state index is 11.3. The van der Waals surface area contributed by atoms with Crippen LogP contribution in [-0.4, -0.2) is 38.9 Å². The van der Waals surface area contributed by atoms with Gasteiger partial charge in [-0.15, -0.1) is 0 Å². The minimum absolute atomic E-state index is 0.179. The Morgan fingerprint density at radius 2 is 1.72 bits per heavy atom. The van der Waals surface area contributed by atoms with Gasteiger partial charge in [-0.2, -0.15) is 0 Å². The number of hydrogen-bond acceptors (Lipinski definition) is 5. The normalized spacial score (nSPS) is 18.4. The van der Waals surface area contributed by atoms with Gasteiger partial charge in [0.2, 0.25) is 0 Å². The van der Waals surface area contributed by atoms with Gasteiger partial charge in [0.25, 0.3) is 5.91 Å². The number of rotatable bonds is 2. The Kier molecular flexibility index (Phi) is 3.53. The van der Waals surface area contributed by atoms with Crippen LogP contribution >= 0.6 is 0 Å². The minimum Gasteiger partial charge on any atom is -0.369 e. The summed E-state index contributed by atoms with van der Waals surface area (Å²) in [5.41, 5.74) is 3.45. The summed E-state index contributed by atoms with van der Waals surface area (Å²) >= 11 is 0. The summed E-state index contributed by atoms with van der Waals surface area (Å²) in [4.78, 5) is 13.2. The van der Waals surface area contributed by atoms with Gasteiger partial charge in [0.15, 0.2) is 9.84 Å². The van der Waals surface area contributed by atoms with E-state index in [1.54, 1.807) is 24.3 Å². The van der Waals surface area contributed by atoms with Gasteiger partial charge in [0.1, 0.15) is 0 Å². The van der Waals surface area contributed by atoms with E-state index in [4.69, 9.17) is 5.84 Å². The third-order valence-electron chi connectivity index (χ3n) is 2.97. The summed E-state index contributed by atoms with van der Waals surface area (Å²) in [6.07, 6.45) is 0. The van der Waals surface area contributed by atoms with Crippen molar-refractivity contribution in [3.63, 3.8) is 0 Å². The summed E-state index contributed by atoms with van der Waals surface area (Å²) in [6.45, 7) is 0.982. The Labute approximate surface area is 106 Å². The number of anilines is 1. The summed E-state index contributed by atoms with van der Waals surface area (Å²) < 4.78 is 22.6. The van der Waals surface area contributed by atoms with Crippen molar-refractivity contribution in [2.24, 2.45) is 5.84 Å². The van der Waals surface area contributed by atoms with Crippen LogP contribution in [0.15, 0.2) is 24.3 Å². The predicted octanol–water partition coefficient (Wildman–Crippen LogP) is -0.475. The molecule has 98 valence electrons. The topological polar surface area (TPSA) is 92.5 Å². The van der Waals surface area contributed by atoms with E-state index in [2.05, 4.69) is 5.43 Å². The third-order valence-corrected chi connectivity index (χ3v) is 4.58. The number of hydrazine groups is 1. The first kappa shape index (κ1) is 12.8. The van der Waals surface area contributed by atoms with Gasteiger partial charge >= 0.3 is 0 Å². The molecule has 0 radical (unpaired) electrons. The maximum absolute atomic E-state index is 11.3. The molecule has 0 saturated carbocycles. The fraction of sp³-hybridized carbons (Fsp3) is 0.364. The molecule has 0 aromatic heterocycles. The van der Waals surface area contributed by atoms with Crippen molar-refractivity contribution in [1.82, 2.24) is 5.43 Å². The number of nitrogens with one attached hydrogen (secondary N) is 1. The van der Waals surface area contributed by atoms with Crippen LogP contribution in [0, 0.1) is 0 Å². The van der Waals surface area contributed by atoms with Crippen LogP contribution in [0.2, 0.25) is 0 Å². The van der Waals surface area contributed by atoms with Crippen LogP contribution in [0.1, 0.15) is 10.4 Å². The van der Waals surface area contributed by atoms with Crippen molar-refractivity contribution >= 4 is 21.4 Å². The Bertz CT molecular complexity index is 525. The fourth-order valence-corrected chi connectivity index (χ4v) is 3.08. The molecular weight excluding hydrogens is 254 g/mol. The van der Waals surface area contributed by atoms with Gasteiger partial charge in [0, 0.05) is 24.3 Å². The molecular formula is C11H15N3O3S. The van der Waals surface area contributed by atoms with Gasteiger partial charge in [-0.05, 0) is 24.3 Å². The van der Waals surface area contributed by atoms with Crippen LogP contribution in [0.3, 0.4) is 0 Å². The number of nitrogens with zero attached hydrogens (tertiary/aromatic N) is 1. The SMILES string of the molecule is NNC(=O)c1ccc(N2CCS(=O)(=O)CC2)cc1. The summed E-state index contributed by atoms with van der Waals surface area (Å²) in [5.74, 6) is 5.05. The highest BCUT2D eigenvalue weighted by Gasteiger charge is 2.21. The molecule has 1 heterocycles. The first-order valence-electron chi connectivity index (χ1n) is 5.58. The molecule has 0 aliphatic carbocycles. The van der Waals surface area contributed by atoms with Gasteiger partial charge < -0.3 is 4.90 Å². The molecule has 1 aromatic carbocycles. The second kappa shape index (κ2) is 4.95. The highest BCUT2D eigenvalue weighted by atomic mass is 32.2. The number of sulfone groups is 1. The Hall–Kier alpha value is -1.60. The van der Waals surface area contributed by atoms with Crippen molar-refractivity contribution in [1.29, 1.82) is 0 Å². The molecule has 0 unspecified atom stereocenters. The molecule has 1 amide bonds. The van der Waals surface area contributed by atoms with E-state index in [1.165, 1.54) is 0 Å². The maximum Gasteiger partial charge on any atom is 0.265 e. The van der Waals surface area contributed by atoms with Crippen molar-refractivity contribution in [2.75, 3.05) is 29.5 Å². The lowest BCUT2D eigenvalue weighted by molar-refractivity contribution is 0.0953. The van der Waals surface area contributed by atoms with Gasteiger partial charge in [0.05, 0.1) is 11.5 Å². The van der Waals surface area contributed by atoms with Crippen molar-refractivity contribution in [2.45, 2.75) is 0 Å². The molecule has 2 rings (SSSR count). The van der Waals surface area contributed by atoms with E-state index >= 15 is 0 Å². The number of hydrogen-bond donors (Lipinski definition) is 2. The van der Waals surface area contributed by atoms with Crippen molar-refractivity contribution < 1.29 is 13.2 Å². The third kappa shape index (κ3) is 2.80. The number of nitrogens with two attached hydrogens (primary N) is 1. The minimum atomic E-state index is -2.87. The number of amides is 1. The molecule has 6 nitrogen and oxygen atoms in total. The molecule has 3 N–H and O–H groups in total. The van der Waals surface area contributed by atoms with Gasteiger partial charge in [-0.3, -0.25) is 10.2 Å². The zero-order valence-electron chi connectivity index (χ0n) is 9.80. The van der Waals surface area contributed by atoms with Gasteiger partial charge in [-0.1, -0.05) is 0 Å². The average molecular weight is 269 g/mol. The zero-order chi connectivity index (χ0) is 13.2. The van der Waals surface area contributed by atoms with Crippen LogP contribution < -0.4 is 16.2 Å². The highest BCUT2D eigenvalue weighted by Crippen LogP contribution is 2.17. The molecule has 7 heteroatoms. The molecule has 1 aromatic rings. The lowest BCUT2D eigenvalue weighted by Gasteiger charge is -2.28. The highest BCUT2D eigenvalue weighted by molar-refractivity contribution is 7.91. The molecule has 18 heavy (non-hydrogen) atoms. The molecule has 1 fully saturated rings.